The second kappa shape index (κ2) is 4.10. The number of imide groups is 1. The van der Waals surface area contributed by atoms with Crippen LogP contribution in [0.25, 0.3) is 0 Å². The van der Waals surface area contributed by atoms with Crippen LogP contribution in [0.3, 0.4) is 0 Å². The minimum absolute atomic E-state index is 0.277. The molecular weight excluding hydrogens is 226 g/mol. The van der Waals surface area contributed by atoms with Crippen molar-refractivity contribution in [1.82, 2.24) is 4.90 Å². The van der Waals surface area contributed by atoms with Gasteiger partial charge in [-0.05, 0) is 25.1 Å². The summed E-state index contributed by atoms with van der Waals surface area (Å²) in [6.07, 6.45) is 1.64. The monoisotopic (exact) mass is 235 g/mol. The molecule has 0 radical (unpaired) electrons. The number of allylic oxidation sites excluding steroid dienone is 2. The van der Waals surface area contributed by atoms with Crippen molar-refractivity contribution in [1.29, 1.82) is 0 Å². The second-order valence-corrected chi connectivity index (χ2v) is 3.80. The van der Waals surface area contributed by atoms with Crippen LogP contribution in [-0.2, 0) is 0 Å². The van der Waals surface area contributed by atoms with E-state index in [4.69, 9.17) is 11.6 Å². The van der Waals surface area contributed by atoms with E-state index < -0.39 is 0 Å². The van der Waals surface area contributed by atoms with Gasteiger partial charge in [0.2, 0.25) is 0 Å². The number of halogens is 1. The summed E-state index contributed by atoms with van der Waals surface area (Å²) in [7, 11) is 0. The molecule has 3 nitrogen and oxygen atoms in total. The average Bonchev–Trinajstić information content (AvgIpc) is 2.53. The Morgan fingerprint density at radius 3 is 2.19 bits per heavy atom. The highest BCUT2D eigenvalue weighted by molar-refractivity contribution is 6.22. The quantitative estimate of drug-likeness (QED) is 0.583. The Morgan fingerprint density at radius 2 is 1.75 bits per heavy atom. The number of alkyl halides is 1. The number of carbonyl (C=O) groups is 2. The number of carbonyl (C=O) groups excluding carboxylic acids is 2. The molecule has 0 fully saturated rings. The predicted octanol–water partition coefficient (Wildman–Crippen LogP) is 2.43. The van der Waals surface area contributed by atoms with Crippen molar-refractivity contribution in [2.45, 2.75) is 6.92 Å². The Morgan fingerprint density at radius 1 is 1.25 bits per heavy atom. The maximum absolute atomic E-state index is 11.9. The molecule has 2 rings (SSSR count). The normalized spacial score (nSPS) is 15.6. The Bertz CT molecular complexity index is 459. The van der Waals surface area contributed by atoms with Gasteiger partial charge in [0, 0.05) is 11.6 Å². The molecule has 1 aliphatic rings. The van der Waals surface area contributed by atoms with Crippen LogP contribution < -0.4 is 0 Å². The molecule has 0 bridgehead atoms. The fourth-order valence-electron chi connectivity index (χ4n) is 1.71. The highest BCUT2D eigenvalue weighted by Gasteiger charge is 2.35. The molecule has 0 aliphatic carbocycles. The maximum atomic E-state index is 11.9. The number of rotatable bonds is 2. The van der Waals surface area contributed by atoms with E-state index in [0.717, 1.165) is 4.90 Å². The predicted molar refractivity (Wildman–Crippen MR) is 61.4 cm³/mol. The van der Waals surface area contributed by atoms with Gasteiger partial charge in [-0.2, -0.15) is 0 Å². The number of hydrogen-bond acceptors (Lipinski definition) is 2. The van der Waals surface area contributed by atoms with E-state index in [2.05, 4.69) is 0 Å². The molecule has 0 spiro atoms. The van der Waals surface area contributed by atoms with E-state index in [-0.39, 0.29) is 17.7 Å². The van der Waals surface area contributed by atoms with E-state index in [1.54, 1.807) is 37.3 Å². The van der Waals surface area contributed by atoms with E-state index in [0.29, 0.717) is 16.8 Å². The minimum Gasteiger partial charge on any atom is -0.268 e. The van der Waals surface area contributed by atoms with Gasteiger partial charge in [0.15, 0.2) is 0 Å². The lowest BCUT2D eigenvalue weighted by Crippen LogP contribution is -2.27. The number of fused-ring (bicyclic) bond motifs is 1. The average molecular weight is 236 g/mol. The van der Waals surface area contributed by atoms with Gasteiger partial charge in [-0.25, -0.2) is 4.90 Å². The van der Waals surface area contributed by atoms with Crippen LogP contribution in [0.1, 0.15) is 27.6 Å². The molecule has 1 heterocycles. The molecule has 82 valence electrons. The van der Waals surface area contributed by atoms with E-state index in [9.17, 15) is 9.59 Å². The van der Waals surface area contributed by atoms with Crippen molar-refractivity contribution >= 4 is 23.4 Å². The van der Waals surface area contributed by atoms with Crippen molar-refractivity contribution in [3.63, 3.8) is 0 Å². The molecule has 1 aromatic carbocycles. The molecule has 0 unspecified atom stereocenters. The van der Waals surface area contributed by atoms with Crippen LogP contribution in [0.5, 0.6) is 0 Å². The van der Waals surface area contributed by atoms with E-state index >= 15 is 0 Å². The van der Waals surface area contributed by atoms with E-state index in [1.807, 2.05) is 0 Å². The van der Waals surface area contributed by atoms with Gasteiger partial charge in [-0.15, -0.1) is 11.6 Å². The molecule has 0 saturated carbocycles. The fourth-order valence-corrected chi connectivity index (χ4v) is 1.94. The first-order chi connectivity index (χ1) is 7.66. The Kier molecular flexibility index (Phi) is 2.79. The topological polar surface area (TPSA) is 37.4 Å². The summed E-state index contributed by atoms with van der Waals surface area (Å²) in [6.45, 7) is 1.70. The van der Waals surface area contributed by atoms with Gasteiger partial charge < -0.3 is 0 Å². The standard InChI is InChI=1S/C12H10ClNO2/c1-8(6-7-13)14-11(15)9-4-2-3-5-10(9)12(14)16/h2-6H,7H2,1H3/b8-6+. The fraction of sp³-hybridized carbons (Fsp3) is 0.167. The number of nitrogens with zero attached hydrogens (tertiary/aromatic N) is 1. The third-order valence-electron chi connectivity index (χ3n) is 2.52. The molecule has 2 amide bonds. The zero-order valence-electron chi connectivity index (χ0n) is 8.74. The van der Waals surface area contributed by atoms with Crippen LogP contribution in [-0.4, -0.2) is 22.6 Å². The first kappa shape index (κ1) is 10.9. The van der Waals surface area contributed by atoms with Crippen molar-refractivity contribution in [3.05, 3.63) is 47.2 Å². The van der Waals surface area contributed by atoms with E-state index in [1.165, 1.54) is 0 Å². The zero-order chi connectivity index (χ0) is 11.7. The lowest BCUT2D eigenvalue weighted by Gasteiger charge is -2.13. The molecular formula is C12H10ClNO2. The van der Waals surface area contributed by atoms with Crippen molar-refractivity contribution < 1.29 is 9.59 Å². The summed E-state index contributed by atoms with van der Waals surface area (Å²) in [5.74, 6) is -0.280. The third-order valence-corrected chi connectivity index (χ3v) is 2.67. The molecule has 4 heteroatoms. The van der Waals surface area contributed by atoms with Crippen LogP contribution >= 0.6 is 11.6 Å². The lowest BCUT2D eigenvalue weighted by molar-refractivity contribution is 0.0704. The molecule has 0 atom stereocenters. The SMILES string of the molecule is C/C(=C\CCl)N1C(=O)c2ccccc2C1=O. The van der Waals surface area contributed by atoms with Gasteiger partial charge in [-0.1, -0.05) is 12.1 Å². The summed E-state index contributed by atoms with van der Waals surface area (Å²) < 4.78 is 0. The Balaban J connectivity index is 2.47. The number of hydrogen-bond donors (Lipinski definition) is 0. The molecule has 1 aromatic rings. The van der Waals surface area contributed by atoms with Gasteiger partial charge in [-0.3, -0.25) is 9.59 Å². The maximum Gasteiger partial charge on any atom is 0.265 e. The van der Waals surface area contributed by atoms with Crippen LogP contribution in [0.4, 0.5) is 0 Å². The molecule has 0 N–H and O–H groups in total. The largest absolute Gasteiger partial charge is 0.268 e. The summed E-state index contributed by atoms with van der Waals surface area (Å²) in [5.41, 5.74) is 1.48. The molecule has 1 aliphatic heterocycles. The molecule has 0 aromatic heterocycles. The van der Waals surface area contributed by atoms with Gasteiger partial charge >= 0.3 is 0 Å². The summed E-state index contributed by atoms with van der Waals surface area (Å²) >= 11 is 5.56. The molecule has 16 heavy (non-hydrogen) atoms. The smallest absolute Gasteiger partial charge is 0.265 e. The van der Waals surface area contributed by atoms with Crippen molar-refractivity contribution in [2.24, 2.45) is 0 Å². The first-order valence-corrected chi connectivity index (χ1v) is 5.41. The summed E-state index contributed by atoms with van der Waals surface area (Å²) in [4.78, 5) is 25.0. The zero-order valence-corrected chi connectivity index (χ0v) is 9.49. The summed E-state index contributed by atoms with van der Waals surface area (Å²) in [6, 6.07) is 6.80. The minimum atomic E-state index is -0.278. The summed E-state index contributed by atoms with van der Waals surface area (Å²) in [5, 5.41) is 0. The van der Waals surface area contributed by atoms with Crippen molar-refractivity contribution in [2.75, 3.05) is 5.88 Å². The van der Waals surface area contributed by atoms with Crippen LogP contribution in [0.2, 0.25) is 0 Å². The van der Waals surface area contributed by atoms with Crippen molar-refractivity contribution in [3.8, 4) is 0 Å². The third kappa shape index (κ3) is 1.53. The second-order valence-electron chi connectivity index (χ2n) is 3.49. The Hall–Kier alpha value is -1.61. The van der Waals surface area contributed by atoms with Gasteiger partial charge in [0.05, 0.1) is 11.1 Å². The van der Waals surface area contributed by atoms with Crippen LogP contribution in [0.15, 0.2) is 36.0 Å². The van der Waals surface area contributed by atoms with Gasteiger partial charge in [0.1, 0.15) is 0 Å². The lowest BCUT2D eigenvalue weighted by atomic mass is 10.1. The molecule has 0 saturated heterocycles. The highest BCUT2D eigenvalue weighted by Crippen LogP contribution is 2.25. The number of benzene rings is 1. The number of amides is 2. The highest BCUT2D eigenvalue weighted by atomic mass is 35.5. The Labute approximate surface area is 98.3 Å². The van der Waals surface area contributed by atoms with Gasteiger partial charge in [0.25, 0.3) is 11.8 Å². The van der Waals surface area contributed by atoms with Crippen LogP contribution in [0, 0.1) is 0 Å². The first-order valence-electron chi connectivity index (χ1n) is 4.87.